The maximum Gasteiger partial charge on any atom is 0.162 e. The minimum atomic E-state index is -0.572. The lowest BCUT2D eigenvalue weighted by Gasteiger charge is -2.02. The number of rotatable bonds is 3. The molecule has 2 aromatic carbocycles. The Morgan fingerprint density at radius 1 is 0.875 bits per heavy atom. The Morgan fingerprint density at radius 3 is 2.00 bits per heavy atom. The van der Waals surface area contributed by atoms with Crippen molar-refractivity contribution in [1.29, 1.82) is 0 Å². The zero-order valence-corrected chi connectivity index (χ0v) is 8.46. The summed E-state index contributed by atoms with van der Waals surface area (Å²) in [5.74, 6) is 0. The van der Waals surface area contributed by atoms with Crippen molar-refractivity contribution in [2.45, 2.75) is 0 Å². The van der Waals surface area contributed by atoms with E-state index in [0.29, 0.717) is 5.69 Å². The summed E-state index contributed by atoms with van der Waals surface area (Å²) >= 11 is 0. The molecule has 4 nitrogen and oxygen atoms in total. The smallest absolute Gasteiger partial charge is 0.162 e. The highest BCUT2D eigenvalue weighted by Gasteiger charge is 2.00. The highest BCUT2D eigenvalue weighted by atomic mass is 16.7. The maximum absolute atomic E-state index is 10.2. The fourth-order valence-electron chi connectivity index (χ4n) is 1.47. The van der Waals surface area contributed by atoms with Crippen LogP contribution in [0.5, 0.6) is 0 Å². The van der Waals surface area contributed by atoms with Gasteiger partial charge in [0, 0.05) is 0 Å². The first kappa shape index (κ1) is 10.2. The van der Waals surface area contributed by atoms with Crippen molar-refractivity contribution in [1.82, 2.24) is 0 Å². The predicted octanol–water partition coefficient (Wildman–Crippen LogP) is 2.96. The minimum Gasteiger partial charge on any atom is -0.235 e. The zero-order chi connectivity index (χ0) is 11.4. The lowest BCUT2D eigenvalue weighted by atomic mass is 10.1. The van der Waals surface area contributed by atoms with Crippen molar-refractivity contribution >= 4 is 5.69 Å². The fourth-order valence-corrected chi connectivity index (χ4v) is 1.47. The highest BCUT2D eigenvalue weighted by molar-refractivity contribution is 5.65. The van der Waals surface area contributed by atoms with E-state index in [1.165, 1.54) is 0 Å². The van der Waals surface area contributed by atoms with Crippen molar-refractivity contribution in [2.24, 2.45) is 0 Å². The summed E-state index contributed by atoms with van der Waals surface area (Å²) in [7, 11) is 0. The summed E-state index contributed by atoms with van der Waals surface area (Å²) in [4.78, 5) is 10.2. The van der Waals surface area contributed by atoms with Gasteiger partial charge in [-0.2, -0.15) is 0 Å². The summed E-state index contributed by atoms with van der Waals surface area (Å²) in [5, 5.41) is 9.65. The molecule has 0 saturated heterocycles. The quantitative estimate of drug-likeness (QED) is 0.631. The van der Waals surface area contributed by atoms with E-state index >= 15 is 0 Å². The molecule has 0 aromatic heterocycles. The molecule has 0 saturated carbocycles. The average molecular weight is 214 g/mol. The Labute approximate surface area is 92.7 Å². The first-order chi connectivity index (χ1) is 7.75. The van der Waals surface area contributed by atoms with Gasteiger partial charge in [0.05, 0.1) is 0 Å². The number of nitrogens with zero attached hydrogens (tertiary/aromatic N) is 1. The van der Waals surface area contributed by atoms with Gasteiger partial charge in [0.15, 0.2) is 5.03 Å². The van der Waals surface area contributed by atoms with Crippen LogP contribution in [-0.2, 0) is 0 Å². The Morgan fingerprint density at radius 2 is 1.44 bits per heavy atom. The van der Waals surface area contributed by atoms with Crippen molar-refractivity contribution in [3.8, 4) is 11.1 Å². The summed E-state index contributed by atoms with van der Waals surface area (Å²) in [6.07, 6.45) is 0. The van der Waals surface area contributed by atoms with E-state index in [1.807, 2.05) is 42.5 Å². The van der Waals surface area contributed by atoms with Crippen molar-refractivity contribution in [3.05, 3.63) is 64.7 Å². The van der Waals surface area contributed by atoms with Crippen LogP contribution in [0.4, 0.5) is 5.69 Å². The third-order valence-electron chi connectivity index (χ3n) is 2.21. The van der Waals surface area contributed by atoms with Crippen LogP contribution < -0.4 is 5.43 Å². The molecule has 0 radical (unpaired) electrons. The van der Waals surface area contributed by atoms with Gasteiger partial charge in [-0.3, -0.25) is 0 Å². The third kappa shape index (κ3) is 2.36. The molecule has 0 spiro atoms. The molecule has 0 bridgehead atoms. The topological polar surface area (TPSA) is 55.2 Å². The van der Waals surface area contributed by atoms with Gasteiger partial charge in [-0.25, -0.2) is 10.1 Å². The number of nitrogens with one attached hydrogen (secondary N) is 1. The van der Waals surface area contributed by atoms with Crippen LogP contribution in [0.15, 0.2) is 54.6 Å². The minimum absolute atomic E-state index is 0.477. The van der Waals surface area contributed by atoms with Crippen LogP contribution in [0.1, 0.15) is 0 Å². The van der Waals surface area contributed by atoms with E-state index < -0.39 is 5.03 Å². The summed E-state index contributed by atoms with van der Waals surface area (Å²) in [6, 6.07) is 16.9. The number of hydrazine groups is 1. The number of nitro groups is 1. The number of hydrogen-bond acceptors (Lipinski definition) is 2. The van der Waals surface area contributed by atoms with E-state index in [2.05, 4.69) is 5.43 Å². The molecule has 1 N–H and O–H groups in total. The van der Waals surface area contributed by atoms with Crippen LogP contribution in [0.25, 0.3) is 11.1 Å². The SMILES string of the molecule is O=[N+]([O-])Nc1ccc(-c2ccccc2)cc1. The Bertz CT molecular complexity index is 480. The molecule has 2 rings (SSSR count). The molecule has 16 heavy (non-hydrogen) atoms. The molecule has 0 atom stereocenters. The molecule has 0 fully saturated rings. The van der Waals surface area contributed by atoms with E-state index in [4.69, 9.17) is 0 Å². The van der Waals surface area contributed by atoms with E-state index in [-0.39, 0.29) is 0 Å². The molecular weight excluding hydrogens is 204 g/mol. The maximum atomic E-state index is 10.2. The van der Waals surface area contributed by atoms with Gasteiger partial charge in [-0.15, -0.1) is 5.43 Å². The molecule has 4 heteroatoms. The van der Waals surface area contributed by atoms with Crippen LogP contribution in [0.2, 0.25) is 0 Å². The van der Waals surface area contributed by atoms with E-state index in [0.717, 1.165) is 11.1 Å². The van der Waals surface area contributed by atoms with Crippen LogP contribution in [0, 0.1) is 10.1 Å². The van der Waals surface area contributed by atoms with Gasteiger partial charge in [-0.1, -0.05) is 42.5 Å². The average Bonchev–Trinajstić information content (AvgIpc) is 2.30. The predicted molar refractivity (Wildman–Crippen MR) is 62.5 cm³/mol. The summed E-state index contributed by atoms with van der Waals surface area (Å²) in [5.41, 5.74) is 4.71. The van der Waals surface area contributed by atoms with Gasteiger partial charge in [0.2, 0.25) is 0 Å². The Hall–Kier alpha value is -2.36. The lowest BCUT2D eigenvalue weighted by Crippen LogP contribution is -2.07. The largest absolute Gasteiger partial charge is 0.235 e. The first-order valence-electron chi connectivity index (χ1n) is 4.82. The Balaban J connectivity index is 2.23. The fraction of sp³-hybridized carbons (Fsp3) is 0. The molecule has 0 aliphatic rings. The second-order valence-electron chi connectivity index (χ2n) is 3.31. The molecule has 0 heterocycles. The number of hydrogen-bond donors (Lipinski definition) is 1. The van der Waals surface area contributed by atoms with Crippen molar-refractivity contribution in [2.75, 3.05) is 5.43 Å². The molecule has 0 amide bonds. The van der Waals surface area contributed by atoms with Crippen molar-refractivity contribution < 1.29 is 5.03 Å². The molecule has 80 valence electrons. The van der Waals surface area contributed by atoms with E-state index in [1.54, 1.807) is 12.1 Å². The standard InChI is InChI=1S/C12H10N2O2/c15-14(16)13-12-8-6-11(7-9-12)10-4-2-1-3-5-10/h1-9,13H. The van der Waals surface area contributed by atoms with Gasteiger partial charge < -0.3 is 0 Å². The molecule has 0 aliphatic heterocycles. The molecule has 0 unspecified atom stereocenters. The second-order valence-corrected chi connectivity index (χ2v) is 3.31. The van der Waals surface area contributed by atoms with Gasteiger partial charge in [0.1, 0.15) is 5.69 Å². The number of anilines is 1. The molecular formula is C12H10N2O2. The van der Waals surface area contributed by atoms with E-state index in [9.17, 15) is 10.1 Å². The van der Waals surface area contributed by atoms with Crippen LogP contribution in [0.3, 0.4) is 0 Å². The highest BCUT2D eigenvalue weighted by Crippen LogP contribution is 2.20. The monoisotopic (exact) mass is 214 g/mol. The summed E-state index contributed by atoms with van der Waals surface area (Å²) in [6.45, 7) is 0. The molecule has 0 aliphatic carbocycles. The van der Waals surface area contributed by atoms with Crippen LogP contribution >= 0.6 is 0 Å². The third-order valence-corrected chi connectivity index (χ3v) is 2.21. The Kier molecular flexibility index (Phi) is 2.82. The van der Waals surface area contributed by atoms with Crippen molar-refractivity contribution in [3.63, 3.8) is 0 Å². The normalized spacial score (nSPS) is 9.75. The molecule has 2 aromatic rings. The number of benzene rings is 2. The zero-order valence-electron chi connectivity index (χ0n) is 8.46. The summed E-state index contributed by atoms with van der Waals surface area (Å²) < 4.78 is 0. The second kappa shape index (κ2) is 4.44. The van der Waals surface area contributed by atoms with Gasteiger partial charge in [0.25, 0.3) is 0 Å². The van der Waals surface area contributed by atoms with Gasteiger partial charge >= 0.3 is 0 Å². The van der Waals surface area contributed by atoms with Gasteiger partial charge in [-0.05, 0) is 23.3 Å². The first-order valence-corrected chi connectivity index (χ1v) is 4.82. The van der Waals surface area contributed by atoms with Crippen LogP contribution in [-0.4, -0.2) is 5.03 Å². The lowest BCUT2D eigenvalue weighted by molar-refractivity contribution is -0.445.